The van der Waals surface area contributed by atoms with E-state index < -0.39 is 9.84 Å². The van der Waals surface area contributed by atoms with Gasteiger partial charge in [0, 0.05) is 18.5 Å². The van der Waals surface area contributed by atoms with Crippen LogP contribution in [-0.2, 0) is 14.6 Å². The van der Waals surface area contributed by atoms with Gasteiger partial charge in [0.25, 0.3) is 0 Å². The SMILES string of the molecule is CC(C)CCNC(=O)C(C)Nc1ccc(S(C)(=O)=O)cc1. The molecule has 0 radical (unpaired) electrons. The van der Waals surface area contributed by atoms with E-state index in [4.69, 9.17) is 0 Å². The number of hydrogen-bond donors (Lipinski definition) is 2. The van der Waals surface area contributed by atoms with Crippen molar-refractivity contribution < 1.29 is 13.2 Å². The summed E-state index contributed by atoms with van der Waals surface area (Å²) in [4.78, 5) is 12.2. The third-order valence-electron chi connectivity index (χ3n) is 3.08. The summed E-state index contributed by atoms with van der Waals surface area (Å²) >= 11 is 0. The van der Waals surface area contributed by atoms with E-state index in [-0.39, 0.29) is 16.8 Å². The summed E-state index contributed by atoms with van der Waals surface area (Å²) in [6, 6.07) is 6.01. The first-order chi connectivity index (χ1) is 9.70. The van der Waals surface area contributed by atoms with Gasteiger partial charge in [-0.3, -0.25) is 4.79 Å². The van der Waals surface area contributed by atoms with Gasteiger partial charge < -0.3 is 10.6 Å². The van der Waals surface area contributed by atoms with Crippen molar-refractivity contribution in [3.05, 3.63) is 24.3 Å². The van der Waals surface area contributed by atoms with Gasteiger partial charge in [-0.05, 0) is 43.5 Å². The Labute approximate surface area is 127 Å². The molecular formula is C15H24N2O3S. The Hall–Kier alpha value is -1.56. The van der Waals surface area contributed by atoms with Gasteiger partial charge in [-0.25, -0.2) is 8.42 Å². The molecule has 1 amide bonds. The maximum absolute atomic E-state index is 11.9. The van der Waals surface area contributed by atoms with Crippen LogP contribution in [-0.4, -0.2) is 33.2 Å². The fraction of sp³-hybridized carbons (Fsp3) is 0.533. The second-order valence-corrected chi connectivity index (χ2v) is 7.65. The zero-order valence-electron chi connectivity index (χ0n) is 13.0. The molecule has 1 aromatic carbocycles. The molecule has 118 valence electrons. The van der Waals surface area contributed by atoms with Crippen molar-refractivity contribution in [2.24, 2.45) is 5.92 Å². The molecule has 0 aliphatic rings. The molecule has 0 aliphatic carbocycles. The molecule has 0 fully saturated rings. The Kier molecular flexibility index (Phi) is 6.20. The smallest absolute Gasteiger partial charge is 0.242 e. The lowest BCUT2D eigenvalue weighted by molar-refractivity contribution is -0.121. The molecule has 0 saturated carbocycles. The molecule has 1 aromatic rings. The van der Waals surface area contributed by atoms with Gasteiger partial charge in [-0.1, -0.05) is 13.8 Å². The lowest BCUT2D eigenvalue weighted by atomic mass is 10.1. The highest BCUT2D eigenvalue weighted by Gasteiger charge is 2.13. The second-order valence-electron chi connectivity index (χ2n) is 5.64. The molecule has 0 spiro atoms. The van der Waals surface area contributed by atoms with E-state index in [0.717, 1.165) is 6.42 Å². The van der Waals surface area contributed by atoms with Crippen molar-refractivity contribution in [1.29, 1.82) is 0 Å². The summed E-state index contributed by atoms with van der Waals surface area (Å²) in [6.45, 7) is 6.65. The Balaban J connectivity index is 2.54. The van der Waals surface area contributed by atoms with Crippen LogP contribution in [0.1, 0.15) is 27.2 Å². The van der Waals surface area contributed by atoms with Crippen molar-refractivity contribution in [2.45, 2.75) is 38.1 Å². The minimum Gasteiger partial charge on any atom is -0.374 e. The molecule has 6 heteroatoms. The lowest BCUT2D eigenvalue weighted by Gasteiger charge is -2.16. The molecule has 0 aliphatic heterocycles. The number of carbonyl (C=O) groups is 1. The molecule has 0 aromatic heterocycles. The minimum absolute atomic E-state index is 0.0668. The third-order valence-corrected chi connectivity index (χ3v) is 4.21. The summed E-state index contributed by atoms with van der Waals surface area (Å²) < 4.78 is 22.7. The highest BCUT2D eigenvalue weighted by Crippen LogP contribution is 2.14. The minimum atomic E-state index is -3.19. The number of benzene rings is 1. The van der Waals surface area contributed by atoms with Crippen LogP contribution in [0, 0.1) is 5.92 Å². The van der Waals surface area contributed by atoms with Crippen LogP contribution in [0.15, 0.2) is 29.2 Å². The Morgan fingerprint density at radius 3 is 2.19 bits per heavy atom. The fourth-order valence-corrected chi connectivity index (χ4v) is 2.38. The summed E-state index contributed by atoms with van der Waals surface area (Å²) in [5, 5.41) is 5.92. The summed E-state index contributed by atoms with van der Waals surface area (Å²) in [5.41, 5.74) is 0.717. The first kappa shape index (κ1) is 17.5. The Morgan fingerprint density at radius 1 is 1.14 bits per heavy atom. The van der Waals surface area contributed by atoms with E-state index in [1.807, 2.05) is 0 Å². The van der Waals surface area contributed by atoms with Gasteiger partial charge in [-0.15, -0.1) is 0 Å². The number of anilines is 1. The Bertz CT molecular complexity index is 565. The quantitative estimate of drug-likeness (QED) is 0.808. The molecule has 1 unspecified atom stereocenters. The molecule has 1 atom stereocenters. The van der Waals surface area contributed by atoms with Crippen molar-refractivity contribution >= 4 is 21.4 Å². The summed E-state index contributed by atoms with van der Waals surface area (Å²) in [6.07, 6.45) is 2.11. The van der Waals surface area contributed by atoms with Gasteiger partial charge in [0.15, 0.2) is 9.84 Å². The molecular weight excluding hydrogens is 288 g/mol. The van der Waals surface area contributed by atoms with Crippen LogP contribution in [0.2, 0.25) is 0 Å². The predicted molar refractivity (Wildman–Crippen MR) is 85.1 cm³/mol. The number of hydrogen-bond acceptors (Lipinski definition) is 4. The predicted octanol–water partition coefficient (Wildman–Crippen LogP) is 2.05. The molecule has 0 saturated heterocycles. The van der Waals surface area contributed by atoms with Gasteiger partial charge >= 0.3 is 0 Å². The van der Waals surface area contributed by atoms with E-state index >= 15 is 0 Å². The van der Waals surface area contributed by atoms with Crippen LogP contribution in [0.3, 0.4) is 0 Å². The monoisotopic (exact) mass is 312 g/mol. The van der Waals surface area contributed by atoms with Crippen LogP contribution in [0.5, 0.6) is 0 Å². The van der Waals surface area contributed by atoms with Crippen LogP contribution >= 0.6 is 0 Å². The molecule has 1 rings (SSSR count). The number of amides is 1. The largest absolute Gasteiger partial charge is 0.374 e. The number of carbonyl (C=O) groups excluding carboxylic acids is 1. The second kappa shape index (κ2) is 7.45. The van der Waals surface area contributed by atoms with Crippen molar-refractivity contribution in [1.82, 2.24) is 5.32 Å². The normalized spacial score (nSPS) is 13.0. The molecule has 0 heterocycles. The first-order valence-electron chi connectivity index (χ1n) is 7.04. The van der Waals surface area contributed by atoms with E-state index in [1.165, 1.54) is 18.4 Å². The Morgan fingerprint density at radius 2 is 1.71 bits per heavy atom. The number of sulfone groups is 1. The summed E-state index contributed by atoms with van der Waals surface area (Å²) in [5.74, 6) is 0.486. The molecule has 2 N–H and O–H groups in total. The van der Waals surface area contributed by atoms with Gasteiger partial charge in [-0.2, -0.15) is 0 Å². The van der Waals surface area contributed by atoms with Crippen LogP contribution in [0.4, 0.5) is 5.69 Å². The van der Waals surface area contributed by atoms with E-state index in [0.29, 0.717) is 18.2 Å². The lowest BCUT2D eigenvalue weighted by Crippen LogP contribution is -2.38. The average Bonchev–Trinajstić information content (AvgIpc) is 2.37. The van der Waals surface area contributed by atoms with Gasteiger partial charge in [0.2, 0.25) is 5.91 Å². The van der Waals surface area contributed by atoms with Crippen LogP contribution < -0.4 is 10.6 Å². The van der Waals surface area contributed by atoms with Crippen molar-refractivity contribution in [3.8, 4) is 0 Å². The van der Waals surface area contributed by atoms with E-state index in [1.54, 1.807) is 19.1 Å². The fourth-order valence-electron chi connectivity index (χ4n) is 1.75. The number of rotatable bonds is 7. The number of nitrogens with one attached hydrogen (secondary N) is 2. The van der Waals surface area contributed by atoms with Crippen molar-refractivity contribution in [3.63, 3.8) is 0 Å². The highest BCUT2D eigenvalue weighted by atomic mass is 32.2. The van der Waals surface area contributed by atoms with Crippen molar-refractivity contribution in [2.75, 3.05) is 18.1 Å². The van der Waals surface area contributed by atoms with E-state index in [2.05, 4.69) is 24.5 Å². The standard InChI is InChI=1S/C15H24N2O3S/c1-11(2)9-10-16-15(18)12(3)17-13-5-7-14(8-6-13)21(4,19)20/h5-8,11-12,17H,9-10H2,1-4H3,(H,16,18). The maximum atomic E-state index is 11.9. The van der Waals surface area contributed by atoms with Crippen LogP contribution in [0.25, 0.3) is 0 Å². The average molecular weight is 312 g/mol. The molecule has 21 heavy (non-hydrogen) atoms. The summed E-state index contributed by atoms with van der Waals surface area (Å²) in [7, 11) is -3.19. The van der Waals surface area contributed by atoms with Gasteiger partial charge in [0.05, 0.1) is 4.90 Å². The topological polar surface area (TPSA) is 75.3 Å². The first-order valence-corrected chi connectivity index (χ1v) is 8.93. The zero-order chi connectivity index (χ0) is 16.0. The third kappa shape index (κ3) is 6.16. The molecule has 0 bridgehead atoms. The molecule has 5 nitrogen and oxygen atoms in total. The van der Waals surface area contributed by atoms with E-state index in [9.17, 15) is 13.2 Å². The maximum Gasteiger partial charge on any atom is 0.242 e. The van der Waals surface area contributed by atoms with Gasteiger partial charge in [0.1, 0.15) is 6.04 Å². The zero-order valence-corrected chi connectivity index (χ0v) is 13.8. The highest BCUT2D eigenvalue weighted by molar-refractivity contribution is 7.90.